The van der Waals surface area contributed by atoms with Crippen LogP contribution in [0.3, 0.4) is 0 Å². The summed E-state index contributed by atoms with van der Waals surface area (Å²) >= 11 is 0. The van der Waals surface area contributed by atoms with Gasteiger partial charge in [0.05, 0.1) is 17.1 Å². The van der Waals surface area contributed by atoms with Crippen molar-refractivity contribution < 1.29 is 0 Å². The van der Waals surface area contributed by atoms with E-state index in [1.165, 1.54) is 103 Å². The smallest absolute Gasteiger partial charge is 0.0618 e. The van der Waals surface area contributed by atoms with E-state index in [0.717, 1.165) is 0 Å². The van der Waals surface area contributed by atoms with Crippen molar-refractivity contribution in [1.82, 2.24) is 0 Å². The van der Waals surface area contributed by atoms with Crippen LogP contribution in [0.25, 0.3) is 86.2 Å². The van der Waals surface area contributed by atoms with Gasteiger partial charge in [0.15, 0.2) is 0 Å². The van der Waals surface area contributed by atoms with Crippen LogP contribution in [0.5, 0.6) is 0 Å². The maximum atomic E-state index is 2.57. The normalized spacial score (nSPS) is 12.3. The first-order valence-corrected chi connectivity index (χ1v) is 16.4. The van der Waals surface area contributed by atoms with E-state index in [9.17, 15) is 0 Å². The van der Waals surface area contributed by atoms with Crippen LogP contribution in [0.2, 0.25) is 0 Å². The predicted molar refractivity (Wildman–Crippen MR) is 204 cm³/mol. The maximum absolute atomic E-state index is 2.57. The number of fused-ring (bicyclic) bond motifs is 2. The molecule has 0 aliphatic carbocycles. The van der Waals surface area contributed by atoms with Crippen molar-refractivity contribution in [2.45, 2.75) is 0 Å². The summed E-state index contributed by atoms with van der Waals surface area (Å²) in [6.07, 6.45) is 0. The number of hydrogen-bond donors (Lipinski definition) is 0. The lowest BCUT2D eigenvalue weighted by molar-refractivity contribution is 1.35. The van der Waals surface area contributed by atoms with Gasteiger partial charge in [-0.25, -0.2) is 0 Å². The summed E-state index contributed by atoms with van der Waals surface area (Å²) in [4.78, 5) is 2.57. The lowest BCUT2D eigenvalue weighted by Gasteiger charge is -2.31. The van der Waals surface area contributed by atoms with E-state index in [1.54, 1.807) is 0 Å². The third-order valence-corrected chi connectivity index (χ3v) is 10.5. The SMILES string of the molecule is c1ccc2c(N(c3ccc4ccc5cccc6ccc3c4c56)c3ccc4ccc5cccc6ccc3c4c56)c3ccccc3cc2c1. The van der Waals surface area contributed by atoms with Gasteiger partial charge in [0.1, 0.15) is 0 Å². The largest absolute Gasteiger partial charge is 0.308 e. The Bertz CT molecular complexity index is 2790. The summed E-state index contributed by atoms with van der Waals surface area (Å²) in [5, 5.41) is 20.4. The van der Waals surface area contributed by atoms with Crippen molar-refractivity contribution in [3.8, 4) is 0 Å². The van der Waals surface area contributed by atoms with Gasteiger partial charge in [-0.3, -0.25) is 0 Å². The fraction of sp³-hybridized carbons (Fsp3) is 0. The minimum absolute atomic E-state index is 1.19. The molecule has 47 heavy (non-hydrogen) atoms. The molecular formula is C46H27N. The summed E-state index contributed by atoms with van der Waals surface area (Å²) in [7, 11) is 0. The van der Waals surface area contributed by atoms with Gasteiger partial charge >= 0.3 is 0 Å². The van der Waals surface area contributed by atoms with Gasteiger partial charge in [-0.15, -0.1) is 0 Å². The van der Waals surface area contributed by atoms with Crippen molar-refractivity contribution in [2.24, 2.45) is 0 Å². The van der Waals surface area contributed by atoms with Crippen LogP contribution in [0.1, 0.15) is 0 Å². The van der Waals surface area contributed by atoms with E-state index < -0.39 is 0 Å². The quantitative estimate of drug-likeness (QED) is 0.145. The van der Waals surface area contributed by atoms with Crippen LogP contribution < -0.4 is 4.90 Å². The molecule has 0 spiro atoms. The second kappa shape index (κ2) is 9.19. The fourth-order valence-electron chi connectivity index (χ4n) is 8.43. The zero-order valence-corrected chi connectivity index (χ0v) is 25.5. The molecule has 0 heterocycles. The number of nitrogens with zero attached hydrogens (tertiary/aromatic N) is 1. The minimum Gasteiger partial charge on any atom is -0.308 e. The molecule has 0 aliphatic rings. The van der Waals surface area contributed by atoms with E-state index in [2.05, 4.69) is 169 Å². The lowest BCUT2D eigenvalue weighted by Crippen LogP contribution is -2.12. The maximum Gasteiger partial charge on any atom is 0.0618 e. The first-order valence-electron chi connectivity index (χ1n) is 16.4. The van der Waals surface area contributed by atoms with Crippen molar-refractivity contribution in [1.29, 1.82) is 0 Å². The van der Waals surface area contributed by atoms with Crippen LogP contribution in [0.15, 0.2) is 164 Å². The van der Waals surface area contributed by atoms with Gasteiger partial charge in [0.2, 0.25) is 0 Å². The molecule has 11 aromatic rings. The third-order valence-electron chi connectivity index (χ3n) is 10.5. The fourth-order valence-corrected chi connectivity index (χ4v) is 8.43. The summed E-state index contributed by atoms with van der Waals surface area (Å²) < 4.78 is 0. The monoisotopic (exact) mass is 593 g/mol. The van der Waals surface area contributed by atoms with Gasteiger partial charge in [0.25, 0.3) is 0 Å². The van der Waals surface area contributed by atoms with Gasteiger partial charge in [0, 0.05) is 21.5 Å². The van der Waals surface area contributed by atoms with Gasteiger partial charge < -0.3 is 4.90 Å². The van der Waals surface area contributed by atoms with Gasteiger partial charge in [-0.1, -0.05) is 146 Å². The van der Waals surface area contributed by atoms with E-state index in [1.807, 2.05) is 0 Å². The highest BCUT2D eigenvalue weighted by Crippen LogP contribution is 2.50. The second-order valence-electron chi connectivity index (χ2n) is 12.9. The average molecular weight is 594 g/mol. The highest BCUT2D eigenvalue weighted by atomic mass is 15.1. The molecule has 0 saturated carbocycles. The molecule has 11 aromatic carbocycles. The zero-order valence-electron chi connectivity index (χ0n) is 25.5. The molecule has 0 bridgehead atoms. The first-order chi connectivity index (χ1) is 23.3. The molecule has 0 N–H and O–H groups in total. The Morgan fingerprint density at radius 1 is 0.255 bits per heavy atom. The average Bonchev–Trinajstić information content (AvgIpc) is 3.13. The second-order valence-corrected chi connectivity index (χ2v) is 12.9. The Morgan fingerprint density at radius 2 is 0.617 bits per heavy atom. The van der Waals surface area contributed by atoms with Crippen molar-refractivity contribution in [3.63, 3.8) is 0 Å². The van der Waals surface area contributed by atoms with E-state index in [0.29, 0.717) is 0 Å². The molecule has 0 atom stereocenters. The Hall–Kier alpha value is -6.18. The number of rotatable bonds is 3. The van der Waals surface area contributed by atoms with Crippen LogP contribution in [-0.4, -0.2) is 0 Å². The van der Waals surface area contributed by atoms with E-state index >= 15 is 0 Å². The van der Waals surface area contributed by atoms with Crippen molar-refractivity contribution >= 4 is 103 Å². The molecule has 11 rings (SSSR count). The predicted octanol–water partition coefficient (Wildman–Crippen LogP) is 13.3. The molecule has 0 amide bonds. The summed E-state index contributed by atoms with van der Waals surface area (Å²) in [6, 6.07) is 61.1. The molecule has 0 aromatic heterocycles. The molecule has 0 aliphatic heterocycles. The number of hydrogen-bond acceptors (Lipinski definition) is 1. The highest BCUT2D eigenvalue weighted by Gasteiger charge is 2.24. The highest BCUT2D eigenvalue weighted by molar-refractivity contribution is 6.29. The van der Waals surface area contributed by atoms with Crippen molar-refractivity contribution in [3.05, 3.63) is 164 Å². The van der Waals surface area contributed by atoms with Crippen molar-refractivity contribution in [2.75, 3.05) is 4.90 Å². The lowest BCUT2D eigenvalue weighted by atomic mass is 9.91. The Morgan fingerprint density at radius 3 is 1.09 bits per heavy atom. The molecule has 1 heteroatoms. The van der Waals surface area contributed by atoms with E-state index in [4.69, 9.17) is 0 Å². The third kappa shape index (κ3) is 3.38. The number of benzene rings is 11. The molecule has 0 radical (unpaired) electrons. The van der Waals surface area contributed by atoms with Crippen LogP contribution in [0.4, 0.5) is 17.1 Å². The molecule has 0 saturated heterocycles. The standard InChI is InChI=1S/C46H27N/c1-3-13-36-34(7-1)27-35-8-2-4-14-37(35)46(36)47(40-25-21-32-17-15-28-9-5-11-30-19-23-38(40)44(32)42(28)30)41-26-22-33-18-16-29-10-6-12-31-20-24-39(41)45(33)43(29)31/h1-27H. The van der Waals surface area contributed by atoms with E-state index in [-0.39, 0.29) is 0 Å². The van der Waals surface area contributed by atoms with Crippen LogP contribution >= 0.6 is 0 Å². The zero-order chi connectivity index (χ0) is 30.6. The Kier molecular flexibility index (Phi) is 4.90. The van der Waals surface area contributed by atoms with Crippen LogP contribution in [0, 0.1) is 0 Å². The molecule has 0 unspecified atom stereocenters. The molecular weight excluding hydrogens is 567 g/mol. The molecule has 0 fully saturated rings. The Balaban J connectivity index is 1.36. The topological polar surface area (TPSA) is 3.24 Å². The number of anilines is 3. The molecule has 1 nitrogen and oxygen atoms in total. The Labute approximate surface area is 271 Å². The summed E-state index contributed by atoms with van der Waals surface area (Å²) in [6.45, 7) is 0. The van der Waals surface area contributed by atoms with Gasteiger partial charge in [-0.05, 0) is 82.8 Å². The van der Waals surface area contributed by atoms with Gasteiger partial charge in [-0.2, -0.15) is 0 Å². The summed E-state index contributed by atoms with van der Waals surface area (Å²) in [5.41, 5.74) is 3.59. The summed E-state index contributed by atoms with van der Waals surface area (Å²) in [5.74, 6) is 0. The van der Waals surface area contributed by atoms with Crippen LogP contribution in [-0.2, 0) is 0 Å². The molecule has 216 valence electrons. The first kappa shape index (κ1) is 25.1. The minimum atomic E-state index is 1.19.